The Kier molecular flexibility index (Phi) is 2.80. The van der Waals surface area contributed by atoms with E-state index in [-0.39, 0.29) is 18.0 Å². The van der Waals surface area contributed by atoms with E-state index in [0.717, 1.165) is 16.5 Å². The van der Waals surface area contributed by atoms with Gasteiger partial charge < -0.3 is 11.1 Å². The number of hydrogen-bond donors (Lipinski definition) is 2. The molecule has 0 aliphatic heterocycles. The van der Waals surface area contributed by atoms with E-state index in [0.29, 0.717) is 5.56 Å². The first-order chi connectivity index (χ1) is 7.09. The number of halogens is 1. The van der Waals surface area contributed by atoms with Crippen LogP contribution < -0.4 is 11.1 Å². The zero-order chi connectivity index (χ0) is 11.0. The maximum absolute atomic E-state index is 11.8. The maximum Gasteiger partial charge on any atom is 0.251 e. The van der Waals surface area contributed by atoms with Gasteiger partial charge >= 0.3 is 0 Å². The summed E-state index contributed by atoms with van der Waals surface area (Å²) in [5.41, 5.74) is 7.31. The molecule has 1 amide bonds. The summed E-state index contributed by atoms with van der Waals surface area (Å²) in [5.74, 6) is -0.0354. The number of amides is 1. The lowest BCUT2D eigenvalue weighted by molar-refractivity contribution is 0.0949. The second-order valence-electron chi connectivity index (χ2n) is 3.89. The summed E-state index contributed by atoms with van der Waals surface area (Å²) in [7, 11) is 0. The van der Waals surface area contributed by atoms with Crippen molar-refractivity contribution in [3.63, 3.8) is 0 Å². The Morgan fingerprint density at radius 1 is 1.60 bits per heavy atom. The normalized spacial score (nSPS) is 23.7. The molecule has 1 aromatic carbocycles. The highest BCUT2D eigenvalue weighted by Crippen LogP contribution is 2.22. The minimum Gasteiger partial charge on any atom is -0.348 e. The van der Waals surface area contributed by atoms with Gasteiger partial charge in [0.25, 0.3) is 5.91 Å². The molecule has 2 rings (SSSR count). The Bertz CT molecular complexity index is 406. The van der Waals surface area contributed by atoms with Crippen molar-refractivity contribution in [1.82, 2.24) is 5.32 Å². The molecule has 1 fully saturated rings. The van der Waals surface area contributed by atoms with Crippen molar-refractivity contribution < 1.29 is 4.79 Å². The molecule has 1 aromatic rings. The predicted molar refractivity (Wildman–Crippen MR) is 62.7 cm³/mol. The number of nitrogens with two attached hydrogens (primary N) is 1. The third kappa shape index (κ3) is 2.21. The summed E-state index contributed by atoms with van der Waals surface area (Å²) in [5, 5.41) is 2.90. The summed E-state index contributed by atoms with van der Waals surface area (Å²) in [6, 6.07) is 5.91. The average molecular weight is 269 g/mol. The molecular weight excluding hydrogens is 256 g/mol. The van der Waals surface area contributed by atoms with E-state index in [9.17, 15) is 4.79 Å². The van der Waals surface area contributed by atoms with Crippen LogP contribution in [0.1, 0.15) is 22.3 Å². The molecule has 3 nitrogen and oxygen atoms in total. The molecule has 0 heterocycles. The van der Waals surface area contributed by atoms with Gasteiger partial charge in [0.2, 0.25) is 0 Å². The summed E-state index contributed by atoms with van der Waals surface area (Å²) >= 11 is 3.40. The van der Waals surface area contributed by atoms with E-state index in [1.54, 1.807) is 0 Å². The molecule has 3 N–H and O–H groups in total. The molecular formula is C11H13BrN2O. The fourth-order valence-corrected chi connectivity index (χ4v) is 1.85. The third-order valence-corrected chi connectivity index (χ3v) is 3.53. The predicted octanol–water partition coefficient (Wildman–Crippen LogP) is 1.59. The first-order valence-corrected chi connectivity index (χ1v) is 5.70. The summed E-state index contributed by atoms with van der Waals surface area (Å²) in [6.07, 6.45) is 0.888. The van der Waals surface area contributed by atoms with Crippen molar-refractivity contribution in [2.75, 3.05) is 0 Å². The van der Waals surface area contributed by atoms with E-state index >= 15 is 0 Å². The molecule has 0 radical (unpaired) electrons. The first-order valence-electron chi connectivity index (χ1n) is 4.91. The van der Waals surface area contributed by atoms with Crippen LogP contribution in [-0.4, -0.2) is 18.0 Å². The van der Waals surface area contributed by atoms with Gasteiger partial charge in [-0.3, -0.25) is 4.79 Å². The van der Waals surface area contributed by atoms with Gasteiger partial charge in [-0.25, -0.2) is 0 Å². The molecule has 4 heteroatoms. The van der Waals surface area contributed by atoms with E-state index in [1.165, 1.54) is 0 Å². The van der Waals surface area contributed by atoms with Gasteiger partial charge in [-0.2, -0.15) is 0 Å². The number of benzene rings is 1. The van der Waals surface area contributed by atoms with Gasteiger partial charge in [-0.15, -0.1) is 0 Å². The molecule has 2 atom stereocenters. The number of carbonyl (C=O) groups is 1. The molecule has 1 aliphatic rings. The van der Waals surface area contributed by atoms with Crippen molar-refractivity contribution >= 4 is 21.8 Å². The number of rotatable bonds is 2. The van der Waals surface area contributed by atoms with Crippen molar-refractivity contribution in [1.29, 1.82) is 0 Å². The maximum atomic E-state index is 11.8. The minimum atomic E-state index is -0.0354. The molecule has 0 spiro atoms. The Labute approximate surface area is 97.2 Å². The fraction of sp³-hybridized carbons (Fsp3) is 0.364. The second kappa shape index (κ2) is 3.94. The van der Waals surface area contributed by atoms with Gasteiger partial charge in [-0.1, -0.05) is 22.0 Å². The van der Waals surface area contributed by atoms with Gasteiger partial charge in [0.15, 0.2) is 0 Å². The number of carbonyl (C=O) groups excluding carboxylic acids is 1. The molecule has 2 unspecified atom stereocenters. The van der Waals surface area contributed by atoms with Crippen molar-refractivity contribution in [2.24, 2.45) is 5.73 Å². The van der Waals surface area contributed by atoms with Crippen LogP contribution in [0.2, 0.25) is 0 Å². The van der Waals surface area contributed by atoms with E-state index in [2.05, 4.69) is 21.2 Å². The van der Waals surface area contributed by atoms with Gasteiger partial charge in [0, 0.05) is 22.1 Å². The first kappa shape index (κ1) is 10.6. The van der Waals surface area contributed by atoms with Crippen molar-refractivity contribution in [2.45, 2.75) is 25.4 Å². The van der Waals surface area contributed by atoms with Crippen LogP contribution >= 0.6 is 15.9 Å². The quantitative estimate of drug-likeness (QED) is 0.856. The van der Waals surface area contributed by atoms with Gasteiger partial charge in [-0.05, 0) is 31.0 Å². The number of hydrogen-bond acceptors (Lipinski definition) is 2. The van der Waals surface area contributed by atoms with E-state index < -0.39 is 0 Å². The zero-order valence-electron chi connectivity index (χ0n) is 8.46. The Balaban J connectivity index is 2.14. The lowest BCUT2D eigenvalue weighted by atomic mass is 10.1. The van der Waals surface area contributed by atoms with E-state index in [4.69, 9.17) is 5.73 Å². The van der Waals surface area contributed by atoms with E-state index in [1.807, 2.05) is 25.1 Å². The highest BCUT2D eigenvalue weighted by atomic mass is 79.9. The minimum absolute atomic E-state index is 0.0354. The molecule has 0 bridgehead atoms. The Hall–Kier alpha value is -0.870. The molecule has 0 aromatic heterocycles. The Morgan fingerprint density at radius 2 is 2.27 bits per heavy atom. The van der Waals surface area contributed by atoms with Crippen molar-refractivity contribution in [3.05, 3.63) is 33.8 Å². The van der Waals surface area contributed by atoms with Crippen LogP contribution in [-0.2, 0) is 0 Å². The lowest BCUT2D eigenvalue weighted by Crippen LogP contribution is -2.30. The monoisotopic (exact) mass is 268 g/mol. The van der Waals surface area contributed by atoms with Crippen LogP contribution in [0.4, 0.5) is 0 Å². The molecule has 1 saturated carbocycles. The highest BCUT2D eigenvalue weighted by molar-refractivity contribution is 9.10. The topological polar surface area (TPSA) is 55.1 Å². The van der Waals surface area contributed by atoms with Crippen LogP contribution in [0.15, 0.2) is 22.7 Å². The molecule has 1 aliphatic carbocycles. The highest BCUT2D eigenvalue weighted by Gasteiger charge is 2.35. The Morgan fingerprint density at radius 3 is 2.87 bits per heavy atom. The summed E-state index contributed by atoms with van der Waals surface area (Å²) in [6.45, 7) is 1.92. The average Bonchev–Trinajstić information content (AvgIpc) is 2.86. The smallest absolute Gasteiger partial charge is 0.251 e. The van der Waals surface area contributed by atoms with Crippen LogP contribution in [0.5, 0.6) is 0 Å². The third-order valence-electron chi connectivity index (χ3n) is 2.67. The summed E-state index contributed by atoms with van der Waals surface area (Å²) < 4.78 is 0.954. The molecule has 0 saturated heterocycles. The lowest BCUT2D eigenvalue weighted by Gasteiger charge is -2.07. The van der Waals surface area contributed by atoms with Crippen LogP contribution in [0, 0.1) is 6.92 Å². The van der Waals surface area contributed by atoms with Crippen molar-refractivity contribution in [3.8, 4) is 0 Å². The number of nitrogens with one attached hydrogen (secondary N) is 1. The molecule has 15 heavy (non-hydrogen) atoms. The fourth-order valence-electron chi connectivity index (χ4n) is 1.48. The zero-order valence-corrected chi connectivity index (χ0v) is 10.0. The van der Waals surface area contributed by atoms with Gasteiger partial charge in [0.1, 0.15) is 0 Å². The largest absolute Gasteiger partial charge is 0.348 e. The van der Waals surface area contributed by atoms with Crippen LogP contribution in [0.25, 0.3) is 0 Å². The second-order valence-corrected chi connectivity index (χ2v) is 4.75. The summed E-state index contributed by atoms with van der Waals surface area (Å²) in [4.78, 5) is 11.8. The van der Waals surface area contributed by atoms with Crippen LogP contribution in [0.3, 0.4) is 0 Å². The SMILES string of the molecule is Cc1c(Br)cccc1C(=O)NC1CC1N. The standard InChI is InChI=1S/C11H13BrN2O/c1-6-7(3-2-4-8(6)12)11(15)14-10-5-9(10)13/h2-4,9-10H,5,13H2,1H3,(H,14,15). The molecule has 80 valence electrons. The van der Waals surface area contributed by atoms with Gasteiger partial charge in [0.05, 0.1) is 0 Å².